The second kappa shape index (κ2) is 7.82. The second-order valence-corrected chi connectivity index (χ2v) is 6.97. The summed E-state index contributed by atoms with van der Waals surface area (Å²) in [5.74, 6) is 1.86. The number of amides is 1. The molecule has 1 aliphatic rings. The molecule has 0 N–H and O–H groups in total. The molecular formula is C18H27N5O2. The van der Waals surface area contributed by atoms with Crippen LogP contribution < -0.4 is 0 Å². The van der Waals surface area contributed by atoms with Crippen LogP contribution in [0.5, 0.6) is 0 Å². The van der Waals surface area contributed by atoms with Gasteiger partial charge in [0.1, 0.15) is 5.76 Å². The van der Waals surface area contributed by atoms with E-state index in [1.165, 1.54) is 0 Å². The SMILES string of the molecule is CC(=O)N(Cc1ncc(C(C)C)o1)[C@@H]1CCN(CCn2cccn2)C1. The van der Waals surface area contributed by atoms with Crippen LogP contribution in [0.25, 0.3) is 0 Å². The standard InChI is InChI=1S/C18H27N5O2/c1-14(2)17-11-19-18(25-17)13-23(15(3)24)16-5-8-21(12-16)9-10-22-7-4-6-20-22/h4,6-7,11,14,16H,5,8-10,12-13H2,1-3H3/t16-/m1/s1. The summed E-state index contributed by atoms with van der Waals surface area (Å²) in [6, 6.07) is 2.15. The number of oxazole rings is 1. The van der Waals surface area contributed by atoms with Crippen LogP contribution in [-0.2, 0) is 17.9 Å². The van der Waals surface area contributed by atoms with E-state index < -0.39 is 0 Å². The molecular weight excluding hydrogens is 318 g/mol. The first-order valence-electron chi connectivity index (χ1n) is 8.94. The predicted molar refractivity (Wildman–Crippen MR) is 93.9 cm³/mol. The van der Waals surface area contributed by atoms with Gasteiger partial charge in [0, 0.05) is 50.9 Å². The molecule has 2 aromatic heterocycles. The highest BCUT2D eigenvalue weighted by Crippen LogP contribution is 2.20. The molecule has 1 fully saturated rings. The molecule has 2 aromatic rings. The minimum absolute atomic E-state index is 0.0724. The van der Waals surface area contributed by atoms with Crippen molar-refractivity contribution < 1.29 is 9.21 Å². The largest absolute Gasteiger partial charge is 0.444 e. The van der Waals surface area contributed by atoms with E-state index in [0.717, 1.165) is 38.4 Å². The summed E-state index contributed by atoms with van der Waals surface area (Å²) in [6.07, 6.45) is 6.52. The molecule has 1 atom stereocenters. The fourth-order valence-corrected chi connectivity index (χ4v) is 3.25. The molecule has 1 saturated heterocycles. The quantitative estimate of drug-likeness (QED) is 0.769. The highest BCUT2D eigenvalue weighted by molar-refractivity contribution is 5.73. The molecule has 0 aliphatic carbocycles. The van der Waals surface area contributed by atoms with Gasteiger partial charge in [0.15, 0.2) is 0 Å². The minimum Gasteiger partial charge on any atom is -0.444 e. The highest BCUT2D eigenvalue weighted by atomic mass is 16.4. The fourth-order valence-electron chi connectivity index (χ4n) is 3.25. The maximum absolute atomic E-state index is 12.2. The fraction of sp³-hybridized carbons (Fsp3) is 0.611. The van der Waals surface area contributed by atoms with E-state index in [4.69, 9.17) is 4.42 Å². The van der Waals surface area contributed by atoms with Crippen molar-refractivity contribution in [1.82, 2.24) is 24.6 Å². The van der Waals surface area contributed by atoms with Crippen molar-refractivity contribution in [3.63, 3.8) is 0 Å². The third-order valence-corrected chi connectivity index (χ3v) is 4.74. The Hall–Kier alpha value is -2.15. The summed E-state index contributed by atoms with van der Waals surface area (Å²) in [5, 5.41) is 4.24. The van der Waals surface area contributed by atoms with Gasteiger partial charge in [-0.15, -0.1) is 0 Å². The Morgan fingerprint density at radius 3 is 2.92 bits per heavy atom. The lowest BCUT2D eigenvalue weighted by Gasteiger charge is -2.27. The van der Waals surface area contributed by atoms with E-state index in [9.17, 15) is 4.79 Å². The van der Waals surface area contributed by atoms with Crippen LogP contribution in [0.15, 0.2) is 29.1 Å². The topological polar surface area (TPSA) is 67.4 Å². The van der Waals surface area contributed by atoms with Gasteiger partial charge in [0.2, 0.25) is 11.8 Å². The number of likely N-dealkylation sites (tertiary alicyclic amines) is 1. The van der Waals surface area contributed by atoms with Crippen LogP contribution in [0.2, 0.25) is 0 Å². The van der Waals surface area contributed by atoms with Crippen molar-refractivity contribution in [3.8, 4) is 0 Å². The number of hydrogen-bond donors (Lipinski definition) is 0. The number of carbonyl (C=O) groups excluding carboxylic acids is 1. The smallest absolute Gasteiger partial charge is 0.220 e. The molecule has 0 saturated carbocycles. The Labute approximate surface area is 148 Å². The summed E-state index contributed by atoms with van der Waals surface area (Å²) < 4.78 is 7.72. The molecule has 25 heavy (non-hydrogen) atoms. The average molecular weight is 345 g/mol. The number of hydrogen-bond acceptors (Lipinski definition) is 5. The highest BCUT2D eigenvalue weighted by Gasteiger charge is 2.30. The maximum atomic E-state index is 12.2. The van der Waals surface area contributed by atoms with Crippen LogP contribution in [0.3, 0.4) is 0 Å². The molecule has 0 unspecified atom stereocenters. The number of rotatable bonds is 7. The van der Waals surface area contributed by atoms with Crippen molar-refractivity contribution in [1.29, 1.82) is 0 Å². The van der Waals surface area contributed by atoms with Crippen molar-refractivity contribution in [3.05, 3.63) is 36.3 Å². The zero-order chi connectivity index (χ0) is 17.8. The van der Waals surface area contributed by atoms with Crippen LogP contribution in [-0.4, -0.2) is 56.1 Å². The number of nitrogens with zero attached hydrogens (tertiary/aromatic N) is 5. The van der Waals surface area contributed by atoms with Gasteiger partial charge in [-0.1, -0.05) is 13.8 Å². The monoisotopic (exact) mass is 345 g/mol. The van der Waals surface area contributed by atoms with Gasteiger partial charge in [0.25, 0.3) is 0 Å². The van der Waals surface area contributed by atoms with Crippen molar-refractivity contribution in [2.24, 2.45) is 0 Å². The van der Waals surface area contributed by atoms with E-state index in [1.807, 2.05) is 21.8 Å². The Bertz CT molecular complexity index is 679. The van der Waals surface area contributed by atoms with E-state index in [-0.39, 0.29) is 11.9 Å². The Balaban J connectivity index is 1.56. The van der Waals surface area contributed by atoms with E-state index in [2.05, 4.69) is 28.8 Å². The summed E-state index contributed by atoms with van der Waals surface area (Å²) in [4.78, 5) is 20.8. The van der Waals surface area contributed by atoms with Crippen LogP contribution >= 0.6 is 0 Å². The minimum atomic E-state index is 0.0724. The summed E-state index contributed by atoms with van der Waals surface area (Å²) in [6.45, 7) is 9.91. The lowest BCUT2D eigenvalue weighted by molar-refractivity contribution is -0.132. The van der Waals surface area contributed by atoms with Crippen molar-refractivity contribution in [2.75, 3.05) is 19.6 Å². The molecule has 1 aliphatic heterocycles. The van der Waals surface area contributed by atoms with Gasteiger partial charge >= 0.3 is 0 Å². The van der Waals surface area contributed by atoms with Gasteiger partial charge in [-0.2, -0.15) is 5.10 Å². The summed E-state index contributed by atoms with van der Waals surface area (Å²) in [7, 11) is 0. The normalized spacial score (nSPS) is 18.2. The van der Waals surface area contributed by atoms with E-state index in [1.54, 1.807) is 19.3 Å². The molecule has 0 spiro atoms. The Morgan fingerprint density at radius 1 is 1.44 bits per heavy atom. The third-order valence-electron chi connectivity index (χ3n) is 4.74. The first kappa shape index (κ1) is 17.7. The molecule has 136 valence electrons. The molecule has 0 bridgehead atoms. The molecule has 7 heteroatoms. The van der Waals surface area contributed by atoms with E-state index >= 15 is 0 Å². The molecule has 1 amide bonds. The molecule has 3 heterocycles. The predicted octanol–water partition coefficient (Wildman–Crippen LogP) is 2.12. The maximum Gasteiger partial charge on any atom is 0.220 e. The lowest BCUT2D eigenvalue weighted by atomic mass is 10.2. The first-order chi connectivity index (χ1) is 12.0. The summed E-state index contributed by atoms with van der Waals surface area (Å²) in [5.41, 5.74) is 0. The van der Waals surface area contributed by atoms with Gasteiger partial charge in [0.05, 0.1) is 19.3 Å². The molecule has 0 aromatic carbocycles. The van der Waals surface area contributed by atoms with Gasteiger partial charge < -0.3 is 9.32 Å². The number of carbonyl (C=O) groups is 1. The Morgan fingerprint density at radius 2 is 2.28 bits per heavy atom. The van der Waals surface area contributed by atoms with Crippen molar-refractivity contribution >= 4 is 5.91 Å². The lowest BCUT2D eigenvalue weighted by Crippen LogP contribution is -2.40. The van der Waals surface area contributed by atoms with Crippen molar-refractivity contribution in [2.45, 2.75) is 52.2 Å². The zero-order valence-electron chi connectivity index (χ0n) is 15.3. The van der Waals surface area contributed by atoms with Gasteiger partial charge in [-0.25, -0.2) is 4.98 Å². The first-order valence-corrected chi connectivity index (χ1v) is 8.94. The summed E-state index contributed by atoms with van der Waals surface area (Å²) >= 11 is 0. The third kappa shape index (κ3) is 4.48. The molecule has 3 rings (SSSR count). The van der Waals surface area contributed by atoms with Gasteiger partial charge in [-0.05, 0) is 12.5 Å². The molecule has 0 radical (unpaired) electrons. The molecule has 7 nitrogen and oxygen atoms in total. The Kier molecular flexibility index (Phi) is 5.53. The van der Waals surface area contributed by atoms with Crippen LogP contribution in [0.4, 0.5) is 0 Å². The number of aromatic nitrogens is 3. The van der Waals surface area contributed by atoms with Gasteiger partial charge in [-0.3, -0.25) is 14.4 Å². The zero-order valence-corrected chi connectivity index (χ0v) is 15.3. The van der Waals surface area contributed by atoms with Crippen LogP contribution in [0, 0.1) is 0 Å². The average Bonchev–Trinajstić information content (AvgIpc) is 3.31. The second-order valence-electron chi connectivity index (χ2n) is 6.97. The van der Waals surface area contributed by atoms with E-state index in [0.29, 0.717) is 18.4 Å². The van der Waals surface area contributed by atoms with Crippen LogP contribution in [0.1, 0.15) is 44.8 Å².